The minimum atomic E-state index is -0.866. The van der Waals surface area contributed by atoms with E-state index in [1.54, 1.807) is 42.6 Å². The first-order chi connectivity index (χ1) is 11.0. The number of hydrogen-bond donors (Lipinski definition) is 2. The number of ether oxygens (including phenoxy) is 1. The summed E-state index contributed by atoms with van der Waals surface area (Å²) in [6.07, 6.45) is 0.714. The lowest BCUT2D eigenvalue weighted by Crippen LogP contribution is -2.38. The van der Waals surface area contributed by atoms with E-state index < -0.39 is 6.10 Å². The van der Waals surface area contributed by atoms with Crippen molar-refractivity contribution >= 4 is 17.5 Å². The van der Waals surface area contributed by atoms with Gasteiger partial charge in [0.1, 0.15) is 5.75 Å². The number of rotatable bonds is 7. The van der Waals surface area contributed by atoms with Crippen LogP contribution in [-0.4, -0.2) is 34.8 Å². The molecule has 7 heteroatoms. The van der Waals surface area contributed by atoms with Gasteiger partial charge in [-0.25, -0.2) is 0 Å². The Hall–Kier alpha value is -2.31. The third kappa shape index (κ3) is 5.77. The number of aromatic nitrogens is 1. The molecule has 0 saturated carbocycles. The molecule has 0 bridgehead atoms. The molecule has 0 aliphatic carbocycles. The van der Waals surface area contributed by atoms with Crippen LogP contribution >= 0.6 is 11.6 Å². The zero-order chi connectivity index (χ0) is 16.7. The molecule has 1 aromatic carbocycles. The number of carbonyl (C=O) groups is 1. The average molecular weight is 337 g/mol. The van der Waals surface area contributed by atoms with Crippen molar-refractivity contribution in [2.75, 3.05) is 13.2 Å². The SMILES string of the molecule is O=C(COc1ccc(Cl)cc1)NC[C@@H](O)Cn1ccccc1=O. The van der Waals surface area contributed by atoms with E-state index in [1.165, 1.54) is 10.6 Å². The Labute approximate surface area is 138 Å². The Kier molecular flexibility index (Phi) is 6.19. The van der Waals surface area contributed by atoms with E-state index in [4.69, 9.17) is 16.3 Å². The number of halogens is 1. The third-order valence-electron chi connectivity index (χ3n) is 3.02. The van der Waals surface area contributed by atoms with Crippen LogP contribution in [0.15, 0.2) is 53.5 Å². The molecular weight excluding hydrogens is 320 g/mol. The summed E-state index contributed by atoms with van der Waals surface area (Å²) < 4.78 is 6.66. The molecular formula is C16H17ClN2O4. The largest absolute Gasteiger partial charge is 0.484 e. The summed E-state index contributed by atoms with van der Waals surface area (Å²) in [4.78, 5) is 23.2. The fourth-order valence-electron chi connectivity index (χ4n) is 1.87. The maximum absolute atomic E-state index is 11.7. The van der Waals surface area contributed by atoms with Gasteiger partial charge in [0.25, 0.3) is 11.5 Å². The Balaban J connectivity index is 1.72. The van der Waals surface area contributed by atoms with Gasteiger partial charge in [0.15, 0.2) is 6.61 Å². The van der Waals surface area contributed by atoms with Crippen molar-refractivity contribution in [3.8, 4) is 5.75 Å². The molecule has 2 N–H and O–H groups in total. The van der Waals surface area contributed by atoms with Gasteiger partial charge in [0.2, 0.25) is 0 Å². The van der Waals surface area contributed by atoms with Gasteiger partial charge in [-0.2, -0.15) is 0 Å². The van der Waals surface area contributed by atoms with Crippen LogP contribution in [0.5, 0.6) is 5.75 Å². The molecule has 0 aliphatic heterocycles. The molecule has 6 nitrogen and oxygen atoms in total. The summed E-state index contributed by atoms with van der Waals surface area (Å²) in [6, 6.07) is 11.4. The maximum Gasteiger partial charge on any atom is 0.258 e. The second kappa shape index (κ2) is 8.36. The molecule has 0 aliphatic rings. The van der Waals surface area contributed by atoms with Crippen molar-refractivity contribution < 1.29 is 14.6 Å². The Morgan fingerprint density at radius 1 is 1.26 bits per heavy atom. The van der Waals surface area contributed by atoms with Crippen LogP contribution in [-0.2, 0) is 11.3 Å². The number of amides is 1. The molecule has 2 aromatic rings. The smallest absolute Gasteiger partial charge is 0.258 e. The van der Waals surface area contributed by atoms with Crippen molar-refractivity contribution in [2.24, 2.45) is 0 Å². The number of hydrogen-bond acceptors (Lipinski definition) is 4. The normalized spacial score (nSPS) is 11.7. The summed E-state index contributed by atoms with van der Waals surface area (Å²) in [5, 5.41) is 13.0. The molecule has 1 aromatic heterocycles. The highest BCUT2D eigenvalue weighted by atomic mass is 35.5. The number of carbonyl (C=O) groups excluding carboxylic acids is 1. The van der Waals surface area contributed by atoms with Gasteiger partial charge in [-0.05, 0) is 30.3 Å². The molecule has 2 rings (SSSR count). The fourth-order valence-corrected chi connectivity index (χ4v) is 1.99. The van der Waals surface area contributed by atoms with E-state index in [1.807, 2.05) is 0 Å². The zero-order valence-corrected chi connectivity index (χ0v) is 13.1. The van der Waals surface area contributed by atoms with Crippen molar-refractivity contribution in [3.63, 3.8) is 0 Å². The van der Waals surface area contributed by atoms with Crippen molar-refractivity contribution in [1.29, 1.82) is 0 Å². The van der Waals surface area contributed by atoms with Crippen molar-refractivity contribution in [2.45, 2.75) is 12.6 Å². The van der Waals surface area contributed by atoms with Gasteiger partial charge in [0, 0.05) is 23.8 Å². The lowest BCUT2D eigenvalue weighted by Gasteiger charge is -2.13. The van der Waals surface area contributed by atoms with Crippen LogP contribution in [0.1, 0.15) is 0 Å². The second-order valence-corrected chi connectivity index (χ2v) is 5.33. The summed E-state index contributed by atoms with van der Waals surface area (Å²) >= 11 is 5.75. The Bertz CT molecular complexity index is 700. The molecule has 23 heavy (non-hydrogen) atoms. The zero-order valence-electron chi connectivity index (χ0n) is 12.3. The van der Waals surface area contributed by atoms with Crippen LogP contribution in [0.2, 0.25) is 5.02 Å². The number of nitrogens with one attached hydrogen (secondary N) is 1. The molecule has 0 unspecified atom stereocenters. The highest BCUT2D eigenvalue weighted by molar-refractivity contribution is 6.30. The second-order valence-electron chi connectivity index (χ2n) is 4.89. The van der Waals surface area contributed by atoms with Gasteiger partial charge in [-0.15, -0.1) is 0 Å². The number of pyridine rings is 1. The Morgan fingerprint density at radius 2 is 2.00 bits per heavy atom. The first-order valence-electron chi connectivity index (χ1n) is 7.03. The average Bonchev–Trinajstić information content (AvgIpc) is 2.54. The Morgan fingerprint density at radius 3 is 2.70 bits per heavy atom. The molecule has 1 amide bonds. The minimum Gasteiger partial charge on any atom is -0.484 e. The quantitative estimate of drug-likeness (QED) is 0.792. The first kappa shape index (κ1) is 17.1. The van der Waals surface area contributed by atoms with Gasteiger partial charge in [0.05, 0.1) is 12.6 Å². The topological polar surface area (TPSA) is 80.6 Å². The fraction of sp³-hybridized carbons (Fsp3) is 0.250. The van der Waals surface area contributed by atoms with Gasteiger partial charge in [-0.1, -0.05) is 17.7 Å². The molecule has 0 saturated heterocycles. The molecule has 0 radical (unpaired) electrons. The van der Waals surface area contributed by atoms with E-state index >= 15 is 0 Å². The monoisotopic (exact) mass is 336 g/mol. The first-order valence-corrected chi connectivity index (χ1v) is 7.41. The van der Waals surface area contributed by atoms with Gasteiger partial charge in [-0.3, -0.25) is 9.59 Å². The number of nitrogens with zero attached hydrogens (tertiary/aromatic N) is 1. The highest BCUT2D eigenvalue weighted by Crippen LogP contribution is 2.15. The van der Waals surface area contributed by atoms with Crippen LogP contribution < -0.4 is 15.6 Å². The standard InChI is InChI=1S/C16H17ClN2O4/c17-12-4-6-14(7-5-12)23-11-15(21)18-9-13(20)10-19-8-2-1-3-16(19)22/h1-8,13,20H,9-11H2,(H,18,21)/t13-/m1/s1. The van der Waals surface area contributed by atoms with E-state index in [0.717, 1.165) is 0 Å². The van der Waals surface area contributed by atoms with Crippen molar-refractivity contribution in [3.05, 3.63) is 64.0 Å². The highest BCUT2D eigenvalue weighted by Gasteiger charge is 2.09. The summed E-state index contributed by atoms with van der Waals surface area (Å²) in [5.74, 6) is 0.167. The van der Waals surface area contributed by atoms with Crippen LogP contribution in [0, 0.1) is 0 Å². The van der Waals surface area contributed by atoms with Crippen LogP contribution in [0.4, 0.5) is 0 Å². The third-order valence-corrected chi connectivity index (χ3v) is 3.28. The lowest BCUT2D eigenvalue weighted by atomic mass is 10.3. The maximum atomic E-state index is 11.7. The van der Waals surface area contributed by atoms with Gasteiger partial charge >= 0.3 is 0 Å². The van der Waals surface area contributed by atoms with Crippen molar-refractivity contribution in [1.82, 2.24) is 9.88 Å². The summed E-state index contributed by atoms with van der Waals surface area (Å²) in [6.45, 7) is -0.0260. The van der Waals surface area contributed by atoms with E-state index in [9.17, 15) is 14.7 Å². The minimum absolute atomic E-state index is 0.0319. The molecule has 0 fully saturated rings. The lowest BCUT2D eigenvalue weighted by molar-refractivity contribution is -0.123. The van der Waals surface area contributed by atoms with Crippen LogP contribution in [0.3, 0.4) is 0 Å². The van der Waals surface area contributed by atoms with Crippen LogP contribution in [0.25, 0.3) is 0 Å². The number of aliphatic hydroxyl groups excluding tert-OH is 1. The van der Waals surface area contributed by atoms with E-state index in [2.05, 4.69) is 5.32 Å². The predicted octanol–water partition coefficient (Wildman–Crippen LogP) is 1.06. The molecule has 0 spiro atoms. The van der Waals surface area contributed by atoms with E-state index in [0.29, 0.717) is 10.8 Å². The number of benzene rings is 1. The molecule has 1 atom stereocenters. The predicted molar refractivity (Wildman–Crippen MR) is 86.7 cm³/mol. The van der Waals surface area contributed by atoms with E-state index in [-0.39, 0.29) is 31.2 Å². The molecule has 122 valence electrons. The number of aliphatic hydroxyl groups is 1. The summed E-state index contributed by atoms with van der Waals surface area (Å²) in [5.41, 5.74) is -0.205. The molecule has 1 heterocycles. The summed E-state index contributed by atoms with van der Waals surface area (Å²) in [7, 11) is 0. The van der Waals surface area contributed by atoms with Gasteiger partial charge < -0.3 is 19.7 Å².